The Hall–Kier alpha value is -3.68. The fourth-order valence-corrected chi connectivity index (χ4v) is 3.07. The third kappa shape index (κ3) is 4.43. The molecule has 29 heavy (non-hydrogen) atoms. The Balaban J connectivity index is 1.66. The van der Waals surface area contributed by atoms with E-state index in [1.807, 2.05) is 18.2 Å². The van der Waals surface area contributed by atoms with Crippen LogP contribution in [0.3, 0.4) is 0 Å². The van der Waals surface area contributed by atoms with E-state index in [0.717, 1.165) is 11.1 Å². The second kappa shape index (κ2) is 8.55. The Morgan fingerprint density at radius 2 is 1.83 bits per heavy atom. The lowest BCUT2D eigenvalue weighted by Gasteiger charge is -2.09. The number of aromatic nitrogens is 2. The van der Waals surface area contributed by atoms with E-state index in [1.54, 1.807) is 56.0 Å². The second-order valence-corrected chi connectivity index (χ2v) is 6.52. The van der Waals surface area contributed by atoms with E-state index in [0.29, 0.717) is 29.2 Å². The van der Waals surface area contributed by atoms with Crippen LogP contribution in [0.2, 0.25) is 0 Å². The van der Waals surface area contributed by atoms with Crippen molar-refractivity contribution >= 4 is 11.7 Å². The second-order valence-electron chi connectivity index (χ2n) is 6.52. The van der Waals surface area contributed by atoms with Gasteiger partial charge >= 0.3 is 11.7 Å². The van der Waals surface area contributed by atoms with Crippen LogP contribution in [0.5, 0.6) is 5.75 Å². The molecule has 0 radical (unpaired) electrons. The van der Waals surface area contributed by atoms with Gasteiger partial charge in [0.05, 0.1) is 24.1 Å². The van der Waals surface area contributed by atoms with Crippen molar-refractivity contribution in [2.45, 2.75) is 27.0 Å². The molecule has 0 aliphatic rings. The lowest BCUT2D eigenvalue weighted by Crippen LogP contribution is -2.07. The monoisotopic (exact) mass is 395 g/mol. The molecule has 0 bridgehead atoms. The maximum atomic E-state index is 12.3. The van der Waals surface area contributed by atoms with Crippen molar-refractivity contribution in [3.05, 3.63) is 86.7 Å². The zero-order valence-corrected chi connectivity index (χ0v) is 16.4. The highest BCUT2D eigenvalue weighted by Gasteiger charge is 2.21. The maximum Gasteiger partial charge on any atom is 0.338 e. The number of carbonyl (C=O) groups excluding carboxylic acids is 1. The van der Waals surface area contributed by atoms with Crippen molar-refractivity contribution < 1.29 is 19.2 Å². The average molecular weight is 395 g/mol. The van der Waals surface area contributed by atoms with Gasteiger partial charge in [0.25, 0.3) is 0 Å². The van der Waals surface area contributed by atoms with Gasteiger partial charge in [-0.25, -0.2) is 4.79 Å². The molecular formula is C21H21N3O5. The first kappa shape index (κ1) is 20.1. The number of nitro groups is 1. The standard InChI is InChI=1S/C21H21N3O5/c1-14-20(24(26)27)15(2)23(22-14)12-16-8-10-17(11-9-16)21(25)29-13-18-6-4-5-7-19(18)28-3/h4-11H,12-13H2,1-3H3. The highest BCUT2D eigenvalue weighted by atomic mass is 16.6. The normalized spacial score (nSPS) is 10.6. The number of para-hydroxylation sites is 1. The molecular weight excluding hydrogens is 374 g/mol. The quantitative estimate of drug-likeness (QED) is 0.343. The molecule has 0 amide bonds. The van der Waals surface area contributed by atoms with Gasteiger partial charge in [0.1, 0.15) is 23.7 Å². The minimum absolute atomic E-state index is 0.0292. The largest absolute Gasteiger partial charge is 0.496 e. The van der Waals surface area contributed by atoms with Crippen molar-refractivity contribution in [1.29, 1.82) is 0 Å². The van der Waals surface area contributed by atoms with E-state index in [-0.39, 0.29) is 12.3 Å². The SMILES string of the molecule is COc1ccccc1COC(=O)c1ccc(Cn2nc(C)c([N+](=O)[O-])c2C)cc1. The van der Waals surface area contributed by atoms with Gasteiger partial charge < -0.3 is 9.47 Å². The fourth-order valence-electron chi connectivity index (χ4n) is 3.07. The summed E-state index contributed by atoms with van der Waals surface area (Å²) in [7, 11) is 1.57. The number of ether oxygens (including phenoxy) is 2. The molecule has 0 aliphatic heterocycles. The smallest absolute Gasteiger partial charge is 0.338 e. The number of nitrogens with zero attached hydrogens (tertiary/aromatic N) is 3. The summed E-state index contributed by atoms with van der Waals surface area (Å²) < 4.78 is 12.2. The molecule has 8 nitrogen and oxygen atoms in total. The molecule has 3 rings (SSSR count). The van der Waals surface area contributed by atoms with Gasteiger partial charge in [-0.2, -0.15) is 5.10 Å². The third-order valence-electron chi connectivity index (χ3n) is 4.60. The van der Waals surface area contributed by atoms with Gasteiger partial charge in [0.2, 0.25) is 0 Å². The predicted octanol–water partition coefficient (Wildman–Crippen LogP) is 3.82. The average Bonchev–Trinajstić information content (AvgIpc) is 3.00. The van der Waals surface area contributed by atoms with Crippen LogP contribution >= 0.6 is 0 Å². The summed E-state index contributed by atoms with van der Waals surface area (Å²) in [5.41, 5.74) is 2.97. The van der Waals surface area contributed by atoms with Crippen LogP contribution in [0.15, 0.2) is 48.5 Å². The van der Waals surface area contributed by atoms with E-state index in [1.165, 1.54) is 0 Å². The minimum Gasteiger partial charge on any atom is -0.496 e. The first-order valence-electron chi connectivity index (χ1n) is 8.97. The summed E-state index contributed by atoms with van der Waals surface area (Å²) >= 11 is 0. The molecule has 0 spiro atoms. The van der Waals surface area contributed by atoms with E-state index in [4.69, 9.17) is 9.47 Å². The van der Waals surface area contributed by atoms with Crippen LogP contribution in [0, 0.1) is 24.0 Å². The zero-order chi connectivity index (χ0) is 21.0. The van der Waals surface area contributed by atoms with Crippen molar-refractivity contribution in [2.75, 3.05) is 7.11 Å². The first-order chi connectivity index (χ1) is 13.9. The number of rotatable bonds is 7. The summed E-state index contributed by atoms with van der Waals surface area (Å²) in [5, 5.41) is 15.4. The summed E-state index contributed by atoms with van der Waals surface area (Å²) in [4.78, 5) is 23.0. The topological polar surface area (TPSA) is 96.5 Å². The number of hydrogen-bond acceptors (Lipinski definition) is 6. The first-order valence-corrected chi connectivity index (χ1v) is 8.97. The Morgan fingerprint density at radius 1 is 1.14 bits per heavy atom. The van der Waals surface area contributed by atoms with Gasteiger partial charge in [-0.05, 0) is 37.6 Å². The molecule has 0 unspecified atom stereocenters. The molecule has 1 aromatic heterocycles. The van der Waals surface area contributed by atoms with Crippen LogP contribution in [-0.2, 0) is 17.9 Å². The van der Waals surface area contributed by atoms with E-state index in [2.05, 4.69) is 5.10 Å². The minimum atomic E-state index is -0.441. The van der Waals surface area contributed by atoms with Crippen molar-refractivity contribution in [3.8, 4) is 5.75 Å². The molecule has 2 aromatic carbocycles. The summed E-state index contributed by atoms with van der Waals surface area (Å²) in [6, 6.07) is 14.2. The summed E-state index contributed by atoms with van der Waals surface area (Å²) in [6.07, 6.45) is 0. The summed E-state index contributed by atoms with van der Waals surface area (Å²) in [6.45, 7) is 3.77. The Kier molecular flexibility index (Phi) is 5.92. The fraction of sp³-hybridized carbons (Fsp3) is 0.238. The van der Waals surface area contributed by atoms with Crippen LogP contribution in [0.4, 0.5) is 5.69 Å². The van der Waals surface area contributed by atoms with Gasteiger partial charge in [-0.3, -0.25) is 14.8 Å². The number of carbonyl (C=O) groups is 1. The Bertz CT molecular complexity index is 1040. The molecule has 0 fully saturated rings. The number of hydrogen-bond donors (Lipinski definition) is 0. The molecule has 3 aromatic rings. The van der Waals surface area contributed by atoms with Gasteiger partial charge in [0.15, 0.2) is 0 Å². The van der Waals surface area contributed by atoms with Gasteiger partial charge in [-0.15, -0.1) is 0 Å². The van der Waals surface area contributed by atoms with Crippen molar-refractivity contribution in [3.63, 3.8) is 0 Å². The molecule has 0 aliphatic carbocycles. The number of methoxy groups -OCH3 is 1. The van der Waals surface area contributed by atoms with E-state index < -0.39 is 10.9 Å². The number of benzene rings is 2. The molecule has 0 atom stereocenters. The van der Waals surface area contributed by atoms with E-state index >= 15 is 0 Å². The molecule has 0 saturated carbocycles. The van der Waals surface area contributed by atoms with Crippen LogP contribution in [0.25, 0.3) is 0 Å². The number of aryl methyl sites for hydroxylation is 1. The molecule has 150 valence electrons. The van der Waals surface area contributed by atoms with Crippen LogP contribution in [-0.4, -0.2) is 27.8 Å². The van der Waals surface area contributed by atoms with Gasteiger partial charge in [0, 0.05) is 5.56 Å². The number of esters is 1. The van der Waals surface area contributed by atoms with Crippen LogP contribution < -0.4 is 4.74 Å². The molecule has 0 saturated heterocycles. The highest BCUT2D eigenvalue weighted by molar-refractivity contribution is 5.89. The molecule has 8 heteroatoms. The van der Waals surface area contributed by atoms with E-state index in [9.17, 15) is 14.9 Å². The highest BCUT2D eigenvalue weighted by Crippen LogP contribution is 2.23. The van der Waals surface area contributed by atoms with Crippen molar-refractivity contribution in [1.82, 2.24) is 9.78 Å². The Labute approximate surface area is 167 Å². The van der Waals surface area contributed by atoms with Gasteiger partial charge in [-0.1, -0.05) is 30.3 Å². The lowest BCUT2D eigenvalue weighted by atomic mass is 10.1. The predicted molar refractivity (Wildman–Crippen MR) is 106 cm³/mol. The third-order valence-corrected chi connectivity index (χ3v) is 4.60. The lowest BCUT2D eigenvalue weighted by molar-refractivity contribution is -0.386. The van der Waals surface area contributed by atoms with Crippen molar-refractivity contribution in [2.24, 2.45) is 0 Å². The van der Waals surface area contributed by atoms with Crippen LogP contribution in [0.1, 0.15) is 32.9 Å². The molecule has 0 N–H and O–H groups in total. The summed E-state index contributed by atoms with van der Waals surface area (Å²) in [5.74, 6) is 0.221. The molecule has 1 heterocycles. The Morgan fingerprint density at radius 3 is 2.45 bits per heavy atom. The zero-order valence-electron chi connectivity index (χ0n) is 16.4. The maximum absolute atomic E-state index is 12.3.